The zero-order valence-corrected chi connectivity index (χ0v) is 16.0. The third kappa shape index (κ3) is 2.95. The van der Waals surface area contributed by atoms with Crippen LogP contribution in [0.1, 0.15) is 11.6 Å². The first-order valence-corrected chi connectivity index (χ1v) is 9.93. The molecule has 2 aromatic heterocycles. The number of aliphatic hydroxyl groups excluding tert-OH is 1. The molecule has 0 radical (unpaired) electrons. The molecule has 0 saturated heterocycles. The molecule has 0 aliphatic rings. The van der Waals surface area contributed by atoms with E-state index in [-0.39, 0.29) is 18.2 Å². The number of pyridine rings is 1. The lowest BCUT2D eigenvalue weighted by Gasteiger charge is -2.15. The molecular formula is C22H16FN3O2S. The molecule has 0 bridgehead atoms. The van der Waals surface area contributed by atoms with Crippen molar-refractivity contribution in [3.05, 3.63) is 82.5 Å². The van der Waals surface area contributed by atoms with E-state index in [0.29, 0.717) is 21.4 Å². The summed E-state index contributed by atoms with van der Waals surface area (Å²) in [6.07, 6.45) is 1.59. The summed E-state index contributed by atoms with van der Waals surface area (Å²) < 4.78 is 14.8. The van der Waals surface area contributed by atoms with E-state index in [1.165, 1.54) is 23.5 Å². The van der Waals surface area contributed by atoms with Crippen LogP contribution in [0.25, 0.3) is 31.8 Å². The molecule has 29 heavy (non-hydrogen) atoms. The minimum Gasteiger partial charge on any atom is -0.394 e. The van der Waals surface area contributed by atoms with E-state index in [1.54, 1.807) is 12.3 Å². The van der Waals surface area contributed by atoms with Gasteiger partial charge < -0.3 is 15.4 Å². The summed E-state index contributed by atoms with van der Waals surface area (Å²) in [4.78, 5) is 19.9. The molecule has 2 heterocycles. The first kappa shape index (κ1) is 17.8. The van der Waals surface area contributed by atoms with Crippen molar-refractivity contribution >= 4 is 48.2 Å². The number of aromatic amines is 1. The third-order valence-electron chi connectivity index (χ3n) is 5.02. The van der Waals surface area contributed by atoms with Crippen molar-refractivity contribution in [1.29, 1.82) is 0 Å². The van der Waals surface area contributed by atoms with Crippen LogP contribution in [0, 0.1) is 5.82 Å². The van der Waals surface area contributed by atoms with E-state index in [4.69, 9.17) is 4.98 Å². The van der Waals surface area contributed by atoms with Gasteiger partial charge in [0.15, 0.2) is 5.13 Å². The zero-order chi connectivity index (χ0) is 20.0. The number of halogens is 1. The fraction of sp³-hybridized carbons (Fsp3) is 0.0909. The van der Waals surface area contributed by atoms with Crippen LogP contribution in [0.3, 0.4) is 0 Å². The Balaban J connectivity index is 1.75. The van der Waals surface area contributed by atoms with Crippen LogP contribution in [0.4, 0.5) is 9.52 Å². The molecule has 0 fully saturated rings. The molecule has 5 rings (SSSR count). The average molecular weight is 405 g/mol. The monoisotopic (exact) mass is 405 g/mol. The molecule has 0 amide bonds. The van der Waals surface area contributed by atoms with Crippen molar-refractivity contribution in [1.82, 2.24) is 9.97 Å². The minimum absolute atomic E-state index is 0.0910. The van der Waals surface area contributed by atoms with Crippen LogP contribution in [-0.2, 0) is 0 Å². The van der Waals surface area contributed by atoms with Crippen molar-refractivity contribution in [2.75, 3.05) is 11.9 Å². The summed E-state index contributed by atoms with van der Waals surface area (Å²) in [6.45, 7) is -0.0910. The van der Waals surface area contributed by atoms with Gasteiger partial charge in [-0.15, -0.1) is 0 Å². The lowest BCUT2D eigenvalue weighted by molar-refractivity contribution is 0.276. The van der Waals surface area contributed by atoms with E-state index in [0.717, 1.165) is 21.0 Å². The van der Waals surface area contributed by atoms with Gasteiger partial charge >= 0.3 is 0 Å². The summed E-state index contributed by atoms with van der Waals surface area (Å²) in [5.74, 6) is -0.403. The maximum Gasteiger partial charge on any atom is 0.256 e. The molecule has 144 valence electrons. The normalized spacial score (nSPS) is 12.6. The maximum absolute atomic E-state index is 13.9. The van der Waals surface area contributed by atoms with E-state index < -0.39 is 5.82 Å². The van der Waals surface area contributed by atoms with Crippen LogP contribution in [-0.4, -0.2) is 21.7 Å². The SMILES string of the molecule is O=c1[nH]ccc2c3sc(N[C@@H](CO)c4ccccc4)nc3c3ccc(F)cc3c12. The van der Waals surface area contributed by atoms with Gasteiger partial charge in [0.25, 0.3) is 5.56 Å². The Morgan fingerprint density at radius 2 is 1.93 bits per heavy atom. The largest absolute Gasteiger partial charge is 0.394 e. The number of hydrogen-bond acceptors (Lipinski definition) is 5. The van der Waals surface area contributed by atoms with Gasteiger partial charge in [0, 0.05) is 22.4 Å². The fourth-order valence-electron chi connectivity index (χ4n) is 3.68. The number of anilines is 1. The first-order valence-electron chi connectivity index (χ1n) is 9.11. The molecule has 5 aromatic rings. The van der Waals surface area contributed by atoms with Crippen molar-refractivity contribution in [3.8, 4) is 0 Å². The van der Waals surface area contributed by atoms with Gasteiger partial charge in [0.1, 0.15) is 5.82 Å². The zero-order valence-electron chi connectivity index (χ0n) is 15.1. The summed E-state index contributed by atoms with van der Waals surface area (Å²) in [6, 6.07) is 15.5. The Kier molecular flexibility index (Phi) is 4.26. The molecule has 0 spiro atoms. The van der Waals surface area contributed by atoms with E-state index in [2.05, 4.69) is 10.3 Å². The predicted octanol–water partition coefficient (Wildman–Crippen LogP) is 4.58. The quantitative estimate of drug-likeness (QED) is 0.383. The van der Waals surface area contributed by atoms with Gasteiger partial charge in [-0.3, -0.25) is 4.79 Å². The Labute approximate surface area is 168 Å². The standard InChI is InChI=1S/C22H16FN3O2S/c23-13-6-7-14-16(10-13)18-15(8-9-24-21(18)28)20-19(14)26-22(29-20)25-17(11-27)12-4-2-1-3-5-12/h1-10,17,27H,11H2,(H,24,28)(H,25,26)/t17-/m0/s1. The number of fused-ring (bicyclic) bond motifs is 6. The minimum atomic E-state index is -0.403. The molecular weight excluding hydrogens is 389 g/mol. The summed E-state index contributed by atoms with van der Waals surface area (Å²) in [5, 5.41) is 16.2. The number of aliphatic hydroxyl groups is 1. The molecule has 0 aliphatic heterocycles. The first-order chi connectivity index (χ1) is 14.2. The molecule has 3 aromatic carbocycles. The van der Waals surface area contributed by atoms with Gasteiger partial charge in [-0.25, -0.2) is 9.37 Å². The number of benzene rings is 3. The Bertz CT molecular complexity index is 1410. The molecule has 0 unspecified atom stereocenters. The lowest BCUT2D eigenvalue weighted by Crippen LogP contribution is -2.14. The van der Waals surface area contributed by atoms with Gasteiger partial charge in [-0.05, 0) is 29.8 Å². The molecule has 0 aliphatic carbocycles. The van der Waals surface area contributed by atoms with Gasteiger partial charge in [-0.1, -0.05) is 41.7 Å². The average Bonchev–Trinajstić information content (AvgIpc) is 3.17. The number of H-pyrrole nitrogens is 1. The number of nitrogens with zero attached hydrogens (tertiary/aromatic N) is 1. The van der Waals surface area contributed by atoms with Crippen LogP contribution in [0.15, 0.2) is 65.6 Å². The predicted molar refractivity (Wildman–Crippen MR) is 115 cm³/mol. The summed E-state index contributed by atoms with van der Waals surface area (Å²) in [5.41, 5.74) is 1.39. The number of nitrogens with one attached hydrogen (secondary N) is 2. The number of aromatic nitrogens is 2. The van der Waals surface area contributed by atoms with Gasteiger partial charge in [0.2, 0.25) is 0 Å². The van der Waals surface area contributed by atoms with E-state index >= 15 is 0 Å². The van der Waals surface area contributed by atoms with E-state index in [1.807, 2.05) is 36.4 Å². The highest BCUT2D eigenvalue weighted by molar-refractivity contribution is 7.23. The Morgan fingerprint density at radius 1 is 1.10 bits per heavy atom. The summed E-state index contributed by atoms with van der Waals surface area (Å²) in [7, 11) is 0. The van der Waals surface area contributed by atoms with E-state index in [9.17, 15) is 14.3 Å². The second-order valence-corrected chi connectivity index (χ2v) is 7.77. The van der Waals surface area contributed by atoms with Crippen molar-refractivity contribution in [2.45, 2.75) is 6.04 Å². The van der Waals surface area contributed by atoms with Crippen molar-refractivity contribution in [2.24, 2.45) is 0 Å². The van der Waals surface area contributed by atoms with Crippen LogP contribution >= 0.6 is 11.3 Å². The highest BCUT2D eigenvalue weighted by Gasteiger charge is 2.18. The third-order valence-corrected chi connectivity index (χ3v) is 6.04. The Hall–Kier alpha value is -3.29. The highest BCUT2D eigenvalue weighted by Crippen LogP contribution is 2.39. The molecule has 3 N–H and O–H groups in total. The number of thiazole rings is 1. The maximum atomic E-state index is 13.9. The smallest absolute Gasteiger partial charge is 0.256 e. The topological polar surface area (TPSA) is 78.0 Å². The summed E-state index contributed by atoms with van der Waals surface area (Å²) >= 11 is 1.41. The van der Waals surface area contributed by atoms with Crippen LogP contribution < -0.4 is 10.9 Å². The van der Waals surface area contributed by atoms with Gasteiger partial charge in [-0.2, -0.15) is 0 Å². The molecule has 5 nitrogen and oxygen atoms in total. The van der Waals surface area contributed by atoms with Crippen molar-refractivity contribution in [3.63, 3.8) is 0 Å². The molecule has 1 atom stereocenters. The van der Waals surface area contributed by atoms with Crippen LogP contribution in [0.5, 0.6) is 0 Å². The Morgan fingerprint density at radius 3 is 2.72 bits per heavy atom. The fourth-order valence-corrected chi connectivity index (χ4v) is 4.74. The number of hydrogen-bond donors (Lipinski definition) is 3. The van der Waals surface area contributed by atoms with Crippen molar-refractivity contribution < 1.29 is 9.50 Å². The van der Waals surface area contributed by atoms with Crippen LogP contribution in [0.2, 0.25) is 0 Å². The lowest BCUT2D eigenvalue weighted by atomic mass is 10.0. The second kappa shape index (κ2) is 6.95. The molecule has 0 saturated carbocycles. The highest BCUT2D eigenvalue weighted by atomic mass is 32.1. The second-order valence-electron chi connectivity index (χ2n) is 6.77. The molecule has 7 heteroatoms. The number of rotatable bonds is 4. The van der Waals surface area contributed by atoms with Gasteiger partial charge in [0.05, 0.1) is 28.3 Å².